The van der Waals surface area contributed by atoms with E-state index in [-0.39, 0.29) is 0 Å². The minimum atomic E-state index is -0.441. The highest BCUT2D eigenvalue weighted by Gasteiger charge is 2.07. The van der Waals surface area contributed by atoms with Gasteiger partial charge in [-0.25, -0.2) is 4.79 Å². The molecule has 3 rings (SSSR count). The van der Waals surface area contributed by atoms with Crippen LogP contribution >= 0.6 is 0 Å². The van der Waals surface area contributed by atoms with Gasteiger partial charge in [0.05, 0.1) is 11.7 Å². The number of pyridine rings is 1. The van der Waals surface area contributed by atoms with Crippen molar-refractivity contribution in [3.8, 4) is 0 Å². The monoisotopic (exact) mass is 214 g/mol. The number of H-pyrrole nitrogens is 1. The zero-order valence-electron chi connectivity index (χ0n) is 8.78. The van der Waals surface area contributed by atoms with Crippen molar-refractivity contribution >= 4 is 22.0 Å². The molecule has 1 aromatic carbocycles. The van der Waals surface area contributed by atoms with E-state index in [9.17, 15) is 4.79 Å². The molecule has 4 heteroatoms. The maximum atomic E-state index is 11.1. The van der Waals surface area contributed by atoms with Gasteiger partial charge in [0, 0.05) is 5.39 Å². The predicted octanol–water partition coefficient (Wildman–Crippen LogP) is 2.23. The quantitative estimate of drug-likeness (QED) is 0.675. The molecular weight excluding hydrogens is 204 g/mol. The molecule has 0 aliphatic heterocycles. The Labute approximate surface area is 90.9 Å². The first-order valence-corrected chi connectivity index (χ1v) is 5.18. The topological polar surface area (TPSA) is 58.9 Å². The molecule has 0 amide bonds. The number of fused-ring (bicyclic) bond motifs is 3. The van der Waals surface area contributed by atoms with E-state index in [0.717, 1.165) is 17.3 Å². The highest BCUT2D eigenvalue weighted by Crippen LogP contribution is 2.22. The predicted molar refractivity (Wildman–Crippen MR) is 61.5 cm³/mol. The highest BCUT2D eigenvalue weighted by molar-refractivity contribution is 6.00. The Hall–Kier alpha value is -2.10. The van der Waals surface area contributed by atoms with E-state index in [1.165, 1.54) is 5.56 Å². The van der Waals surface area contributed by atoms with Gasteiger partial charge in [-0.1, -0.05) is 13.0 Å². The normalized spacial score (nSPS) is 11.3. The minimum Gasteiger partial charge on any atom is -0.407 e. The van der Waals surface area contributed by atoms with E-state index >= 15 is 0 Å². The molecule has 0 radical (unpaired) electrons. The van der Waals surface area contributed by atoms with Gasteiger partial charge in [-0.3, -0.25) is 9.97 Å². The molecule has 80 valence electrons. The lowest BCUT2D eigenvalue weighted by Gasteiger charge is -2.00. The van der Waals surface area contributed by atoms with Crippen LogP contribution in [0.5, 0.6) is 0 Å². The molecule has 0 saturated heterocycles. The van der Waals surface area contributed by atoms with Crippen LogP contribution in [0.25, 0.3) is 22.0 Å². The molecule has 3 aromatic rings. The summed E-state index contributed by atoms with van der Waals surface area (Å²) in [7, 11) is 0. The summed E-state index contributed by atoms with van der Waals surface area (Å²) in [5.74, 6) is -0.441. The van der Waals surface area contributed by atoms with Crippen molar-refractivity contribution in [3.63, 3.8) is 0 Å². The van der Waals surface area contributed by atoms with Crippen LogP contribution in [0.15, 0.2) is 33.6 Å². The van der Waals surface area contributed by atoms with Crippen molar-refractivity contribution in [2.75, 3.05) is 0 Å². The molecule has 1 N–H and O–H groups in total. The molecule has 0 aliphatic carbocycles. The fourth-order valence-corrected chi connectivity index (χ4v) is 1.86. The van der Waals surface area contributed by atoms with Crippen molar-refractivity contribution in [1.82, 2.24) is 9.97 Å². The van der Waals surface area contributed by atoms with E-state index in [2.05, 4.69) is 16.9 Å². The second kappa shape index (κ2) is 3.20. The van der Waals surface area contributed by atoms with E-state index in [0.29, 0.717) is 11.1 Å². The number of benzene rings is 1. The Morgan fingerprint density at radius 1 is 1.44 bits per heavy atom. The lowest BCUT2D eigenvalue weighted by Crippen LogP contribution is -1.92. The third-order valence-corrected chi connectivity index (χ3v) is 2.72. The summed E-state index contributed by atoms with van der Waals surface area (Å²) < 4.78 is 5.10. The van der Waals surface area contributed by atoms with Gasteiger partial charge in [-0.2, -0.15) is 0 Å². The number of aromatic nitrogens is 2. The summed E-state index contributed by atoms with van der Waals surface area (Å²) in [6.07, 6.45) is 2.59. The van der Waals surface area contributed by atoms with Gasteiger partial charge in [0.1, 0.15) is 5.52 Å². The Morgan fingerprint density at radius 3 is 3.12 bits per heavy atom. The Bertz CT molecular complexity index is 725. The van der Waals surface area contributed by atoms with Gasteiger partial charge in [-0.15, -0.1) is 0 Å². The lowest BCUT2D eigenvalue weighted by atomic mass is 10.1. The average molecular weight is 214 g/mol. The SMILES string of the molecule is CCc1ccc2c(c1)ncc1[nH]c(=O)oc12. The number of oxazole rings is 1. The summed E-state index contributed by atoms with van der Waals surface area (Å²) in [6, 6.07) is 5.98. The molecule has 0 atom stereocenters. The van der Waals surface area contributed by atoms with Crippen LogP contribution in [0.3, 0.4) is 0 Å². The first kappa shape index (κ1) is 9.15. The zero-order chi connectivity index (χ0) is 11.1. The summed E-state index contributed by atoms with van der Waals surface area (Å²) in [4.78, 5) is 18.0. The Morgan fingerprint density at radius 2 is 2.31 bits per heavy atom. The first-order chi connectivity index (χ1) is 7.78. The van der Waals surface area contributed by atoms with Gasteiger partial charge < -0.3 is 4.42 Å². The van der Waals surface area contributed by atoms with Gasteiger partial charge in [0.2, 0.25) is 0 Å². The van der Waals surface area contributed by atoms with Gasteiger partial charge in [-0.05, 0) is 24.1 Å². The van der Waals surface area contributed by atoms with E-state index in [1.54, 1.807) is 6.20 Å². The molecule has 0 bridgehead atoms. The molecule has 0 saturated carbocycles. The third-order valence-electron chi connectivity index (χ3n) is 2.72. The second-order valence-electron chi connectivity index (χ2n) is 3.72. The first-order valence-electron chi connectivity index (χ1n) is 5.18. The fourth-order valence-electron chi connectivity index (χ4n) is 1.86. The molecule has 0 aliphatic rings. The summed E-state index contributed by atoms with van der Waals surface area (Å²) >= 11 is 0. The number of nitrogens with one attached hydrogen (secondary N) is 1. The molecule has 0 unspecified atom stereocenters. The van der Waals surface area contributed by atoms with Crippen molar-refractivity contribution in [2.45, 2.75) is 13.3 Å². The van der Waals surface area contributed by atoms with Gasteiger partial charge in [0.25, 0.3) is 0 Å². The molecule has 4 nitrogen and oxygen atoms in total. The van der Waals surface area contributed by atoms with Crippen molar-refractivity contribution < 1.29 is 4.42 Å². The molecular formula is C12H10N2O2. The molecule has 0 fully saturated rings. The van der Waals surface area contributed by atoms with Crippen LogP contribution in [-0.4, -0.2) is 9.97 Å². The largest absolute Gasteiger partial charge is 0.417 e. The van der Waals surface area contributed by atoms with Crippen molar-refractivity contribution in [2.24, 2.45) is 0 Å². The summed E-state index contributed by atoms with van der Waals surface area (Å²) in [5, 5.41) is 0.869. The number of aromatic amines is 1. The average Bonchev–Trinajstić information content (AvgIpc) is 2.69. The molecule has 16 heavy (non-hydrogen) atoms. The van der Waals surface area contributed by atoms with E-state index < -0.39 is 5.76 Å². The van der Waals surface area contributed by atoms with Crippen LogP contribution in [0.2, 0.25) is 0 Å². The highest BCUT2D eigenvalue weighted by atomic mass is 16.4. The van der Waals surface area contributed by atoms with Crippen LogP contribution in [0.1, 0.15) is 12.5 Å². The van der Waals surface area contributed by atoms with E-state index in [1.807, 2.05) is 18.2 Å². The lowest BCUT2D eigenvalue weighted by molar-refractivity contribution is 0.558. The number of rotatable bonds is 1. The molecule has 2 aromatic heterocycles. The third kappa shape index (κ3) is 1.23. The second-order valence-corrected chi connectivity index (χ2v) is 3.72. The van der Waals surface area contributed by atoms with E-state index in [4.69, 9.17) is 4.42 Å². The van der Waals surface area contributed by atoms with Gasteiger partial charge >= 0.3 is 5.76 Å². The molecule has 0 spiro atoms. The van der Waals surface area contributed by atoms with Crippen LogP contribution in [-0.2, 0) is 6.42 Å². The van der Waals surface area contributed by atoms with Crippen LogP contribution in [0, 0.1) is 0 Å². The fraction of sp³-hybridized carbons (Fsp3) is 0.167. The summed E-state index contributed by atoms with van der Waals surface area (Å²) in [6.45, 7) is 2.09. The number of nitrogens with zero attached hydrogens (tertiary/aromatic N) is 1. The standard InChI is InChI=1S/C12H10N2O2/c1-2-7-3-4-8-9(5-7)13-6-10-11(8)16-12(15)14-10/h3-6H,2H2,1H3,(H,14,15). The smallest absolute Gasteiger partial charge is 0.407 e. The Kier molecular flexibility index (Phi) is 1.83. The summed E-state index contributed by atoms with van der Waals surface area (Å²) in [5.41, 5.74) is 3.30. The van der Waals surface area contributed by atoms with Crippen LogP contribution in [0.4, 0.5) is 0 Å². The number of aryl methyl sites for hydroxylation is 1. The van der Waals surface area contributed by atoms with Crippen molar-refractivity contribution in [1.29, 1.82) is 0 Å². The zero-order valence-corrected chi connectivity index (χ0v) is 8.78. The maximum Gasteiger partial charge on any atom is 0.417 e. The minimum absolute atomic E-state index is 0.441. The van der Waals surface area contributed by atoms with Gasteiger partial charge in [0.15, 0.2) is 5.58 Å². The van der Waals surface area contributed by atoms with Crippen LogP contribution < -0.4 is 5.76 Å². The number of hydrogen-bond donors (Lipinski definition) is 1. The molecule has 2 heterocycles. The maximum absolute atomic E-state index is 11.1. The van der Waals surface area contributed by atoms with Crippen molar-refractivity contribution in [3.05, 3.63) is 40.5 Å². The Balaban J connectivity index is 2.46. The number of hydrogen-bond acceptors (Lipinski definition) is 3.